The largest absolute Gasteiger partial charge is 0.286 e. The van der Waals surface area contributed by atoms with Gasteiger partial charge in [-0.25, -0.2) is 0 Å². The maximum atomic E-state index is 3.90. The minimum Gasteiger partial charge on any atom is -0.286 e. The van der Waals surface area contributed by atoms with E-state index < -0.39 is 0 Å². The topological polar surface area (TPSA) is 15.6 Å². The van der Waals surface area contributed by atoms with Gasteiger partial charge in [0.15, 0.2) is 5.55 Å². The Hall–Kier alpha value is -0.180. The van der Waals surface area contributed by atoms with Gasteiger partial charge < -0.3 is 0 Å². The summed E-state index contributed by atoms with van der Waals surface area (Å²) >= 11 is 1.62. The molecule has 1 aliphatic heterocycles. The van der Waals surface area contributed by atoms with E-state index in [0.717, 1.165) is 12.4 Å². The monoisotopic (exact) mass is 115 g/mol. The highest BCUT2D eigenvalue weighted by Gasteiger charge is 2.00. The summed E-state index contributed by atoms with van der Waals surface area (Å²) in [6.45, 7) is 3.08. The third-order valence-electron chi connectivity index (χ3n) is 0.825. The Morgan fingerprint density at radius 2 is 2.86 bits per heavy atom. The highest BCUT2D eigenvalue weighted by molar-refractivity contribution is 8.12. The molecule has 0 aromatic rings. The molecule has 0 atom stereocenters. The van der Waals surface area contributed by atoms with Gasteiger partial charge in [-0.1, -0.05) is 11.8 Å². The van der Waals surface area contributed by atoms with E-state index in [0.29, 0.717) is 0 Å². The Bertz CT molecular complexity index is 81.8. The van der Waals surface area contributed by atoms with Crippen LogP contribution in [0.5, 0.6) is 0 Å². The van der Waals surface area contributed by atoms with E-state index in [-0.39, 0.29) is 0 Å². The zero-order valence-electron chi connectivity index (χ0n) is 4.22. The summed E-state index contributed by atoms with van der Waals surface area (Å²) < 4.78 is 0. The van der Waals surface area contributed by atoms with E-state index in [9.17, 15) is 0 Å². The van der Waals surface area contributed by atoms with Crippen LogP contribution in [0.4, 0.5) is 0 Å². The molecule has 0 N–H and O–H groups in total. The molecule has 1 heterocycles. The molecule has 0 aliphatic carbocycles. The Morgan fingerprint density at radius 3 is 3.14 bits per heavy atom. The summed E-state index contributed by atoms with van der Waals surface area (Å²) in [7, 11) is 0. The van der Waals surface area contributed by atoms with Crippen molar-refractivity contribution in [3.63, 3.8) is 0 Å². The summed E-state index contributed by atoms with van der Waals surface area (Å²) in [6, 6.07) is 0. The predicted molar refractivity (Wildman–Crippen MR) is 32.3 cm³/mol. The highest BCUT2D eigenvalue weighted by Crippen LogP contribution is 2.07. The molecular formula is C4H7N2S. The normalized spacial score (nSPS) is 18.7. The average molecular weight is 115 g/mol. The lowest BCUT2D eigenvalue weighted by molar-refractivity contribution is 0.369. The predicted octanol–water partition coefficient (Wildman–Crippen LogP) is 0.833. The van der Waals surface area contributed by atoms with E-state index in [1.165, 1.54) is 0 Å². The number of nitrogens with zero attached hydrogens (tertiary/aromatic N) is 2. The SMILES string of the molecule is CCN1CS[C]=N1. The molecule has 7 heavy (non-hydrogen) atoms. The number of hydrazone groups is 1. The van der Waals surface area contributed by atoms with Crippen molar-refractivity contribution in [3.05, 3.63) is 0 Å². The maximum Gasteiger partial charge on any atom is 0.152 e. The van der Waals surface area contributed by atoms with Gasteiger partial charge in [0.05, 0.1) is 5.88 Å². The highest BCUT2D eigenvalue weighted by atomic mass is 32.2. The van der Waals surface area contributed by atoms with Crippen molar-refractivity contribution < 1.29 is 0 Å². The van der Waals surface area contributed by atoms with E-state index in [4.69, 9.17) is 0 Å². The van der Waals surface area contributed by atoms with E-state index in [1.54, 1.807) is 11.8 Å². The molecule has 0 saturated carbocycles. The molecule has 39 valence electrons. The molecule has 0 bridgehead atoms. The van der Waals surface area contributed by atoms with Crippen molar-refractivity contribution in [3.8, 4) is 0 Å². The molecule has 0 aromatic heterocycles. The van der Waals surface area contributed by atoms with Crippen LogP contribution in [0.25, 0.3) is 0 Å². The fourth-order valence-corrected chi connectivity index (χ4v) is 1.00. The fraction of sp³-hybridized carbons (Fsp3) is 0.750. The van der Waals surface area contributed by atoms with E-state index in [2.05, 4.69) is 17.6 Å². The smallest absolute Gasteiger partial charge is 0.152 e. The molecule has 1 aliphatic rings. The Kier molecular flexibility index (Phi) is 1.57. The minimum atomic E-state index is 0.983. The third-order valence-corrected chi connectivity index (χ3v) is 1.46. The first-order valence-electron chi connectivity index (χ1n) is 2.26. The van der Waals surface area contributed by atoms with Crippen molar-refractivity contribution in [1.29, 1.82) is 0 Å². The second-order valence-corrected chi connectivity index (χ2v) is 2.02. The summed E-state index contributed by atoms with van der Waals surface area (Å²) in [5.41, 5.74) is 2.79. The molecule has 0 aromatic carbocycles. The Morgan fingerprint density at radius 1 is 2.00 bits per heavy atom. The zero-order valence-corrected chi connectivity index (χ0v) is 5.03. The second kappa shape index (κ2) is 2.21. The van der Waals surface area contributed by atoms with Crippen LogP contribution in [0.3, 0.4) is 0 Å². The van der Waals surface area contributed by atoms with Crippen LogP contribution < -0.4 is 0 Å². The second-order valence-electron chi connectivity index (χ2n) is 1.29. The molecule has 3 heteroatoms. The lowest BCUT2D eigenvalue weighted by atomic mass is 10.7. The zero-order chi connectivity index (χ0) is 5.11. The minimum absolute atomic E-state index is 0.983. The van der Waals surface area contributed by atoms with Gasteiger partial charge >= 0.3 is 0 Å². The quantitative estimate of drug-likeness (QED) is 0.503. The van der Waals surface area contributed by atoms with Crippen LogP contribution in [0.1, 0.15) is 6.92 Å². The molecule has 0 fully saturated rings. The van der Waals surface area contributed by atoms with Crippen molar-refractivity contribution in [2.24, 2.45) is 5.10 Å². The number of hydrogen-bond donors (Lipinski definition) is 0. The van der Waals surface area contributed by atoms with Gasteiger partial charge in [0.25, 0.3) is 0 Å². The number of thioether (sulfide) groups is 1. The third kappa shape index (κ3) is 1.09. The van der Waals surface area contributed by atoms with Gasteiger partial charge in [0.2, 0.25) is 0 Å². The van der Waals surface area contributed by atoms with E-state index in [1.807, 2.05) is 5.01 Å². The van der Waals surface area contributed by atoms with Gasteiger partial charge in [-0.3, -0.25) is 5.01 Å². The van der Waals surface area contributed by atoms with Gasteiger partial charge in [-0.15, -0.1) is 0 Å². The van der Waals surface area contributed by atoms with Crippen molar-refractivity contribution in [2.75, 3.05) is 12.4 Å². The van der Waals surface area contributed by atoms with E-state index >= 15 is 0 Å². The van der Waals surface area contributed by atoms with Gasteiger partial charge in [0, 0.05) is 6.54 Å². The maximum absolute atomic E-state index is 3.90. The number of hydrogen-bond acceptors (Lipinski definition) is 3. The Labute approximate surface area is 47.6 Å². The lowest BCUT2D eigenvalue weighted by Crippen LogP contribution is -2.10. The molecule has 0 unspecified atom stereocenters. The van der Waals surface area contributed by atoms with Crippen molar-refractivity contribution in [2.45, 2.75) is 6.92 Å². The number of rotatable bonds is 1. The fourth-order valence-electron chi connectivity index (χ4n) is 0.381. The first-order chi connectivity index (χ1) is 3.43. The molecule has 1 radical (unpaired) electrons. The van der Waals surface area contributed by atoms with Crippen LogP contribution in [-0.2, 0) is 0 Å². The average Bonchev–Trinajstić information content (AvgIpc) is 2.14. The van der Waals surface area contributed by atoms with Gasteiger partial charge in [0.1, 0.15) is 0 Å². The van der Waals surface area contributed by atoms with Crippen LogP contribution in [0.15, 0.2) is 5.10 Å². The van der Waals surface area contributed by atoms with Crippen LogP contribution in [-0.4, -0.2) is 23.0 Å². The molecule has 2 nitrogen and oxygen atoms in total. The first kappa shape index (κ1) is 4.97. The molecule has 1 rings (SSSR count). The Balaban J connectivity index is 2.28. The lowest BCUT2D eigenvalue weighted by Gasteiger charge is -2.06. The van der Waals surface area contributed by atoms with Gasteiger partial charge in [-0.05, 0) is 6.92 Å². The van der Waals surface area contributed by atoms with Crippen LogP contribution >= 0.6 is 11.8 Å². The van der Waals surface area contributed by atoms with Crippen LogP contribution in [0.2, 0.25) is 0 Å². The van der Waals surface area contributed by atoms with Crippen molar-refractivity contribution in [1.82, 2.24) is 5.01 Å². The first-order valence-corrected chi connectivity index (χ1v) is 3.24. The van der Waals surface area contributed by atoms with Gasteiger partial charge in [-0.2, -0.15) is 5.10 Å². The van der Waals surface area contributed by atoms with Crippen molar-refractivity contribution >= 4 is 17.3 Å². The summed E-state index contributed by atoms with van der Waals surface area (Å²) in [5, 5.41) is 5.86. The molecule has 0 spiro atoms. The summed E-state index contributed by atoms with van der Waals surface area (Å²) in [6.07, 6.45) is 0. The molecule has 0 amide bonds. The summed E-state index contributed by atoms with van der Waals surface area (Å²) in [5.74, 6) is 0.983. The van der Waals surface area contributed by atoms with Crippen LogP contribution in [0, 0.1) is 0 Å². The summed E-state index contributed by atoms with van der Waals surface area (Å²) in [4.78, 5) is 0. The molecule has 0 saturated heterocycles. The molecular weight excluding hydrogens is 108 g/mol. The standard InChI is InChI=1S/C4H7N2S/c1-2-6-4-7-3-5-6/h2,4H2,1H3.